The molecule has 1 rings (SSSR count). The zero-order valence-electron chi connectivity index (χ0n) is 8.56. The molecule has 0 bridgehead atoms. The zero-order chi connectivity index (χ0) is 12.9. The summed E-state index contributed by atoms with van der Waals surface area (Å²) in [5.41, 5.74) is 0. The Morgan fingerprint density at radius 3 is 2.12 bits per heavy atom. The molecule has 0 saturated carbocycles. The zero-order valence-corrected chi connectivity index (χ0v) is 8.56. The van der Waals surface area contributed by atoms with E-state index in [1.54, 1.807) is 17.7 Å². The van der Waals surface area contributed by atoms with E-state index in [0.29, 0.717) is 5.82 Å². The van der Waals surface area contributed by atoms with Crippen molar-refractivity contribution in [2.24, 2.45) is 7.05 Å². The van der Waals surface area contributed by atoms with Crippen molar-refractivity contribution < 1.29 is 28.2 Å². The summed E-state index contributed by atoms with van der Waals surface area (Å²) in [5.74, 6) is -2.05. The first-order chi connectivity index (χ1) is 7.16. The van der Waals surface area contributed by atoms with Gasteiger partial charge in [-0.05, 0) is 6.92 Å². The number of aliphatic carboxylic acids is 1. The van der Waals surface area contributed by atoms with Gasteiger partial charge in [-0.15, -0.1) is 0 Å². The number of nitrogens with zero attached hydrogens (tertiary/aromatic N) is 2. The van der Waals surface area contributed by atoms with E-state index in [1.165, 1.54) is 0 Å². The molecular formula is C8H11F3N2O3. The standard InChI is InChI=1S/C6H10N2O.C2HF3O2/c1-5(9)6-7-3-4-8(6)2;3-2(4,5)1(6)7/h3-5,9H,1-2H3;(H,6,7). The van der Waals surface area contributed by atoms with Crippen LogP contribution in [0.25, 0.3) is 0 Å². The number of imidazole rings is 1. The maximum atomic E-state index is 10.6. The second-order valence-corrected chi connectivity index (χ2v) is 2.88. The largest absolute Gasteiger partial charge is 0.490 e. The van der Waals surface area contributed by atoms with Crippen LogP contribution in [0.4, 0.5) is 13.2 Å². The van der Waals surface area contributed by atoms with E-state index in [9.17, 15) is 13.2 Å². The molecule has 1 aromatic heterocycles. The summed E-state index contributed by atoms with van der Waals surface area (Å²) in [5, 5.41) is 16.1. The van der Waals surface area contributed by atoms with Gasteiger partial charge in [0.05, 0.1) is 0 Å². The first-order valence-corrected chi connectivity index (χ1v) is 4.11. The minimum absolute atomic E-state index is 0.468. The van der Waals surface area contributed by atoms with Crippen LogP contribution in [0, 0.1) is 0 Å². The second kappa shape index (κ2) is 5.50. The van der Waals surface area contributed by atoms with E-state index in [0.717, 1.165) is 0 Å². The Hall–Kier alpha value is -1.57. The van der Waals surface area contributed by atoms with Crippen LogP contribution in [0.2, 0.25) is 0 Å². The van der Waals surface area contributed by atoms with Gasteiger partial charge in [0.25, 0.3) is 0 Å². The summed E-state index contributed by atoms with van der Waals surface area (Å²) in [4.78, 5) is 12.8. The lowest BCUT2D eigenvalue weighted by Gasteiger charge is -2.01. The van der Waals surface area contributed by atoms with Gasteiger partial charge < -0.3 is 14.8 Å². The molecule has 0 amide bonds. The van der Waals surface area contributed by atoms with Crippen molar-refractivity contribution in [3.8, 4) is 0 Å². The number of hydrogen-bond acceptors (Lipinski definition) is 3. The predicted molar refractivity (Wildman–Crippen MR) is 47.5 cm³/mol. The molecule has 1 aromatic rings. The third-order valence-electron chi connectivity index (χ3n) is 1.47. The molecule has 16 heavy (non-hydrogen) atoms. The number of alkyl halides is 3. The minimum atomic E-state index is -5.08. The lowest BCUT2D eigenvalue weighted by molar-refractivity contribution is -0.192. The summed E-state index contributed by atoms with van der Waals surface area (Å²) in [7, 11) is 1.86. The molecule has 0 aliphatic heterocycles. The van der Waals surface area contributed by atoms with E-state index in [2.05, 4.69) is 4.98 Å². The lowest BCUT2D eigenvalue weighted by atomic mass is 10.4. The van der Waals surface area contributed by atoms with Crippen LogP contribution >= 0.6 is 0 Å². The predicted octanol–water partition coefficient (Wildman–Crippen LogP) is 1.11. The van der Waals surface area contributed by atoms with Crippen LogP contribution in [0.3, 0.4) is 0 Å². The van der Waals surface area contributed by atoms with E-state index >= 15 is 0 Å². The molecule has 0 saturated heterocycles. The first-order valence-electron chi connectivity index (χ1n) is 4.11. The highest BCUT2D eigenvalue weighted by Crippen LogP contribution is 2.13. The quantitative estimate of drug-likeness (QED) is 0.770. The SMILES string of the molecule is CC(O)c1nccn1C.O=C(O)C(F)(F)F. The molecular weight excluding hydrogens is 229 g/mol. The monoisotopic (exact) mass is 240 g/mol. The van der Waals surface area contributed by atoms with Crippen LogP contribution in [0.5, 0.6) is 0 Å². The normalized spacial score (nSPS) is 12.6. The highest BCUT2D eigenvalue weighted by Gasteiger charge is 2.38. The van der Waals surface area contributed by atoms with Crippen molar-refractivity contribution in [3.63, 3.8) is 0 Å². The van der Waals surface area contributed by atoms with Crippen molar-refractivity contribution in [3.05, 3.63) is 18.2 Å². The number of aromatic nitrogens is 2. The van der Waals surface area contributed by atoms with Gasteiger partial charge in [-0.3, -0.25) is 0 Å². The molecule has 0 spiro atoms. The van der Waals surface area contributed by atoms with E-state index in [1.807, 2.05) is 13.2 Å². The third kappa shape index (κ3) is 4.78. The Bertz CT molecular complexity index is 347. The molecule has 5 nitrogen and oxygen atoms in total. The highest BCUT2D eigenvalue weighted by atomic mass is 19.4. The number of aryl methyl sites for hydroxylation is 1. The van der Waals surface area contributed by atoms with Gasteiger partial charge >= 0.3 is 12.1 Å². The smallest absolute Gasteiger partial charge is 0.475 e. The molecule has 2 N–H and O–H groups in total. The number of hydrogen-bond donors (Lipinski definition) is 2. The Balaban J connectivity index is 0.000000293. The molecule has 1 atom stereocenters. The molecule has 1 unspecified atom stereocenters. The number of carbonyl (C=O) groups is 1. The summed E-state index contributed by atoms with van der Waals surface area (Å²) in [6.45, 7) is 1.70. The molecule has 0 aromatic carbocycles. The molecule has 0 fully saturated rings. The fourth-order valence-electron chi connectivity index (χ4n) is 0.780. The number of aliphatic hydroxyl groups is 1. The molecule has 0 aliphatic carbocycles. The van der Waals surface area contributed by atoms with E-state index in [-0.39, 0.29) is 0 Å². The van der Waals surface area contributed by atoms with Gasteiger partial charge in [0.2, 0.25) is 0 Å². The Labute approximate surface area is 89.1 Å². The van der Waals surface area contributed by atoms with Crippen molar-refractivity contribution >= 4 is 5.97 Å². The molecule has 1 heterocycles. The van der Waals surface area contributed by atoms with Crippen LogP contribution in [-0.2, 0) is 11.8 Å². The molecule has 0 radical (unpaired) electrons. The number of carboxylic acid groups (broad SMARTS) is 1. The van der Waals surface area contributed by atoms with Gasteiger partial charge in [-0.25, -0.2) is 9.78 Å². The van der Waals surface area contributed by atoms with Crippen LogP contribution < -0.4 is 0 Å². The second-order valence-electron chi connectivity index (χ2n) is 2.88. The Kier molecular flexibility index (Phi) is 4.96. The van der Waals surface area contributed by atoms with Crippen molar-refractivity contribution in [1.82, 2.24) is 9.55 Å². The fourth-order valence-corrected chi connectivity index (χ4v) is 0.780. The van der Waals surface area contributed by atoms with Crippen molar-refractivity contribution in [2.45, 2.75) is 19.2 Å². The number of carboxylic acids is 1. The van der Waals surface area contributed by atoms with Crippen molar-refractivity contribution in [1.29, 1.82) is 0 Å². The summed E-state index contributed by atoms with van der Waals surface area (Å²) in [6, 6.07) is 0. The number of aliphatic hydroxyl groups excluding tert-OH is 1. The third-order valence-corrected chi connectivity index (χ3v) is 1.47. The van der Waals surface area contributed by atoms with Gasteiger partial charge in [0.15, 0.2) is 0 Å². The van der Waals surface area contributed by atoms with Gasteiger partial charge in [0.1, 0.15) is 11.9 Å². The lowest BCUT2D eigenvalue weighted by Crippen LogP contribution is -2.21. The minimum Gasteiger partial charge on any atom is -0.475 e. The summed E-state index contributed by atoms with van der Waals surface area (Å²) < 4.78 is 33.5. The van der Waals surface area contributed by atoms with Gasteiger partial charge in [-0.1, -0.05) is 0 Å². The molecule has 0 aliphatic rings. The van der Waals surface area contributed by atoms with Crippen molar-refractivity contribution in [2.75, 3.05) is 0 Å². The molecule has 92 valence electrons. The van der Waals surface area contributed by atoms with Crippen LogP contribution in [0.1, 0.15) is 18.9 Å². The molecule has 8 heteroatoms. The topological polar surface area (TPSA) is 75.4 Å². The van der Waals surface area contributed by atoms with Crippen LogP contribution in [-0.4, -0.2) is 31.9 Å². The van der Waals surface area contributed by atoms with Gasteiger partial charge in [-0.2, -0.15) is 13.2 Å². The van der Waals surface area contributed by atoms with E-state index in [4.69, 9.17) is 15.0 Å². The average Bonchev–Trinajstić information content (AvgIpc) is 2.50. The highest BCUT2D eigenvalue weighted by molar-refractivity contribution is 5.73. The summed E-state index contributed by atoms with van der Waals surface area (Å²) in [6.07, 6.45) is -2.07. The van der Waals surface area contributed by atoms with Crippen LogP contribution in [0.15, 0.2) is 12.4 Å². The summed E-state index contributed by atoms with van der Waals surface area (Å²) >= 11 is 0. The average molecular weight is 240 g/mol. The Morgan fingerprint density at radius 1 is 1.56 bits per heavy atom. The van der Waals surface area contributed by atoms with E-state index < -0.39 is 18.2 Å². The maximum absolute atomic E-state index is 10.6. The Morgan fingerprint density at radius 2 is 2.00 bits per heavy atom. The number of halogens is 3. The number of rotatable bonds is 1. The maximum Gasteiger partial charge on any atom is 0.490 e. The first kappa shape index (κ1) is 14.4. The van der Waals surface area contributed by atoms with Gasteiger partial charge in [0, 0.05) is 19.4 Å². The fraction of sp³-hybridized carbons (Fsp3) is 0.500.